The second-order valence-electron chi connectivity index (χ2n) is 7.58. The number of nitrogens with one attached hydrogen (secondary N) is 1. The maximum Gasteiger partial charge on any atom is 0.241 e. The van der Waals surface area contributed by atoms with Crippen LogP contribution in [0.1, 0.15) is 23.6 Å². The van der Waals surface area contributed by atoms with Crippen molar-refractivity contribution >= 4 is 17.3 Å². The standard InChI is InChI=1S/C23H31N3O2/c1-17-8-7-9-18(2)22(17)24-23(27)19(3)25(4)16-20-10-5-6-11-21(20)26-12-14-28-15-13-26/h5-11,19H,12-16H2,1-4H3,(H,24,27). The number of para-hydroxylation sites is 2. The topological polar surface area (TPSA) is 44.8 Å². The number of rotatable bonds is 6. The van der Waals surface area contributed by atoms with E-state index in [0.29, 0.717) is 0 Å². The van der Waals surface area contributed by atoms with Gasteiger partial charge in [-0.05, 0) is 50.6 Å². The summed E-state index contributed by atoms with van der Waals surface area (Å²) in [4.78, 5) is 17.3. The molecule has 0 bridgehead atoms. The number of carbonyl (C=O) groups is 1. The number of hydrogen-bond acceptors (Lipinski definition) is 4. The van der Waals surface area contributed by atoms with Gasteiger partial charge in [0.15, 0.2) is 0 Å². The number of carbonyl (C=O) groups excluding carboxylic acids is 1. The van der Waals surface area contributed by atoms with Gasteiger partial charge in [0.1, 0.15) is 0 Å². The van der Waals surface area contributed by atoms with Crippen molar-refractivity contribution in [3.05, 3.63) is 59.2 Å². The van der Waals surface area contributed by atoms with Crippen LogP contribution in [0.15, 0.2) is 42.5 Å². The van der Waals surface area contributed by atoms with Crippen LogP contribution in [0.25, 0.3) is 0 Å². The molecule has 0 radical (unpaired) electrons. The summed E-state index contributed by atoms with van der Waals surface area (Å²) in [5.74, 6) is 0.0174. The Morgan fingerprint density at radius 2 is 1.75 bits per heavy atom. The van der Waals surface area contributed by atoms with Gasteiger partial charge in [-0.3, -0.25) is 9.69 Å². The number of nitrogens with zero attached hydrogens (tertiary/aromatic N) is 2. The van der Waals surface area contributed by atoms with E-state index in [1.807, 2.05) is 46.0 Å². The van der Waals surface area contributed by atoms with E-state index in [4.69, 9.17) is 4.74 Å². The van der Waals surface area contributed by atoms with Crippen LogP contribution in [0.5, 0.6) is 0 Å². The molecule has 1 heterocycles. The summed E-state index contributed by atoms with van der Waals surface area (Å²) in [6.07, 6.45) is 0. The zero-order valence-corrected chi connectivity index (χ0v) is 17.4. The molecule has 5 heteroatoms. The van der Waals surface area contributed by atoms with Crippen molar-refractivity contribution in [3.8, 4) is 0 Å². The normalized spacial score (nSPS) is 15.5. The van der Waals surface area contributed by atoms with Crippen LogP contribution in [0.4, 0.5) is 11.4 Å². The molecule has 0 saturated carbocycles. The lowest BCUT2D eigenvalue weighted by Gasteiger charge is -2.32. The molecule has 1 N–H and O–H groups in total. The minimum Gasteiger partial charge on any atom is -0.378 e. The molecule has 3 rings (SSSR count). The second-order valence-corrected chi connectivity index (χ2v) is 7.58. The Kier molecular flexibility index (Phi) is 6.70. The molecule has 0 aromatic heterocycles. The molecular weight excluding hydrogens is 350 g/mol. The van der Waals surface area contributed by atoms with Gasteiger partial charge in [-0.1, -0.05) is 36.4 Å². The van der Waals surface area contributed by atoms with Crippen molar-refractivity contribution in [3.63, 3.8) is 0 Å². The zero-order chi connectivity index (χ0) is 20.1. The highest BCUT2D eigenvalue weighted by Crippen LogP contribution is 2.24. The number of morpholine rings is 1. The number of ether oxygens (including phenoxy) is 1. The predicted molar refractivity (Wildman–Crippen MR) is 115 cm³/mol. The van der Waals surface area contributed by atoms with E-state index in [1.54, 1.807) is 0 Å². The first-order valence-electron chi connectivity index (χ1n) is 9.95. The lowest BCUT2D eigenvalue weighted by atomic mass is 10.1. The smallest absolute Gasteiger partial charge is 0.241 e. The molecule has 1 unspecified atom stereocenters. The van der Waals surface area contributed by atoms with Gasteiger partial charge in [0.2, 0.25) is 5.91 Å². The molecular formula is C23H31N3O2. The average Bonchev–Trinajstić information content (AvgIpc) is 2.71. The summed E-state index contributed by atoms with van der Waals surface area (Å²) < 4.78 is 5.48. The molecule has 5 nitrogen and oxygen atoms in total. The molecule has 2 aromatic rings. The molecule has 150 valence electrons. The highest BCUT2D eigenvalue weighted by molar-refractivity contribution is 5.95. The lowest BCUT2D eigenvalue weighted by Crippen LogP contribution is -2.40. The first kappa shape index (κ1) is 20.4. The number of amides is 1. The van der Waals surface area contributed by atoms with Gasteiger partial charge in [0.25, 0.3) is 0 Å². The second kappa shape index (κ2) is 9.22. The largest absolute Gasteiger partial charge is 0.378 e. The predicted octanol–water partition coefficient (Wildman–Crippen LogP) is 3.60. The molecule has 1 amide bonds. The van der Waals surface area contributed by atoms with Gasteiger partial charge < -0.3 is 15.0 Å². The van der Waals surface area contributed by atoms with E-state index in [9.17, 15) is 4.79 Å². The van der Waals surface area contributed by atoms with E-state index in [2.05, 4.69) is 39.4 Å². The van der Waals surface area contributed by atoms with Crippen LogP contribution < -0.4 is 10.2 Å². The van der Waals surface area contributed by atoms with E-state index >= 15 is 0 Å². The Balaban J connectivity index is 1.69. The fourth-order valence-electron chi connectivity index (χ4n) is 3.60. The highest BCUT2D eigenvalue weighted by Gasteiger charge is 2.21. The van der Waals surface area contributed by atoms with Crippen molar-refractivity contribution in [1.29, 1.82) is 0 Å². The number of likely N-dealkylation sites (N-methyl/N-ethyl adjacent to an activating group) is 1. The number of aryl methyl sites for hydroxylation is 2. The fraction of sp³-hybridized carbons (Fsp3) is 0.435. The summed E-state index contributed by atoms with van der Waals surface area (Å²) in [5, 5.41) is 3.12. The molecule has 0 aliphatic carbocycles. The molecule has 1 aliphatic rings. The molecule has 0 spiro atoms. The summed E-state index contributed by atoms with van der Waals surface area (Å²) in [7, 11) is 2.01. The van der Waals surface area contributed by atoms with Crippen molar-refractivity contribution in [1.82, 2.24) is 4.90 Å². The van der Waals surface area contributed by atoms with Gasteiger partial charge in [-0.15, -0.1) is 0 Å². The molecule has 2 aromatic carbocycles. The first-order chi connectivity index (χ1) is 13.5. The first-order valence-corrected chi connectivity index (χ1v) is 9.95. The molecule has 1 aliphatic heterocycles. The Labute approximate surface area is 168 Å². The number of anilines is 2. The van der Waals surface area contributed by atoms with Crippen molar-refractivity contribution in [2.75, 3.05) is 43.6 Å². The molecule has 28 heavy (non-hydrogen) atoms. The summed E-state index contributed by atoms with van der Waals surface area (Å²) in [6, 6.07) is 14.3. The quantitative estimate of drug-likeness (QED) is 0.830. The van der Waals surface area contributed by atoms with Crippen LogP contribution in [0, 0.1) is 13.8 Å². The maximum atomic E-state index is 12.9. The van der Waals surface area contributed by atoms with Crippen molar-refractivity contribution in [2.45, 2.75) is 33.4 Å². The molecule has 1 atom stereocenters. The van der Waals surface area contributed by atoms with Gasteiger partial charge in [-0.25, -0.2) is 0 Å². The lowest BCUT2D eigenvalue weighted by molar-refractivity contribution is -0.120. The van der Waals surface area contributed by atoms with E-state index < -0.39 is 0 Å². The maximum absolute atomic E-state index is 12.9. The summed E-state index contributed by atoms with van der Waals surface area (Å²) in [5.41, 5.74) is 5.56. The summed E-state index contributed by atoms with van der Waals surface area (Å²) in [6.45, 7) is 10.1. The Bertz CT molecular complexity index is 795. The Morgan fingerprint density at radius 1 is 1.11 bits per heavy atom. The monoisotopic (exact) mass is 381 g/mol. The van der Waals surface area contributed by atoms with E-state index in [0.717, 1.165) is 49.7 Å². The van der Waals surface area contributed by atoms with Crippen LogP contribution in [-0.2, 0) is 16.1 Å². The van der Waals surface area contributed by atoms with Crippen LogP contribution in [0.3, 0.4) is 0 Å². The van der Waals surface area contributed by atoms with Crippen LogP contribution in [0.2, 0.25) is 0 Å². The minimum absolute atomic E-state index is 0.0174. The number of benzene rings is 2. The minimum atomic E-state index is -0.239. The number of hydrogen-bond donors (Lipinski definition) is 1. The Hall–Kier alpha value is -2.37. The van der Waals surface area contributed by atoms with Crippen LogP contribution in [-0.4, -0.2) is 50.2 Å². The van der Waals surface area contributed by atoms with E-state index in [1.165, 1.54) is 11.3 Å². The third kappa shape index (κ3) is 4.72. The average molecular weight is 382 g/mol. The molecule has 1 saturated heterocycles. The molecule has 1 fully saturated rings. The Morgan fingerprint density at radius 3 is 2.43 bits per heavy atom. The third-order valence-corrected chi connectivity index (χ3v) is 5.53. The van der Waals surface area contributed by atoms with Gasteiger partial charge >= 0.3 is 0 Å². The van der Waals surface area contributed by atoms with Crippen LogP contribution >= 0.6 is 0 Å². The highest BCUT2D eigenvalue weighted by atomic mass is 16.5. The zero-order valence-electron chi connectivity index (χ0n) is 17.4. The van der Waals surface area contributed by atoms with Gasteiger partial charge in [-0.2, -0.15) is 0 Å². The van der Waals surface area contributed by atoms with Gasteiger partial charge in [0, 0.05) is 31.0 Å². The fourth-order valence-corrected chi connectivity index (χ4v) is 3.60. The van der Waals surface area contributed by atoms with Gasteiger partial charge in [0.05, 0.1) is 19.3 Å². The van der Waals surface area contributed by atoms with E-state index in [-0.39, 0.29) is 11.9 Å². The van der Waals surface area contributed by atoms with Crippen molar-refractivity contribution in [2.24, 2.45) is 0 Å². The van der Waals surface area contributed by atoms with Crippen molar-refractivity contribution < 1.29 is 9.53 Å². The summed E-state index contributed by atoms with van der Waals surface area (Å²) >= 11 is 0. The third-order valence-electron chi connectivity index (χ3n) is 5.53. The SMILES string of the molecule is Cc1cccc(C)c1NC(=O)C(C)N(C)Cc1ccccc1N1CCOCC1.